The third-order valence-electron chi connectivity index (χ3n) is 7.23. The van der Waals surface area contributed by atoms with E-state index in [1.807, 2.05) is 18.9 Å². The number of carboxylic acid groups (broad SMARTS) is 1. The van der Waals surface area contributed by atoms with Crippen LogP contribution >= 0.6 is 0 Å². The molecule has 9 heteroatoms. The van der Waals surface area contributed by atoms with E-state index in [9.17, 15) is 19.1 Å². The Kier molecular flexibility index (Phi) is 7.21. The Bertz CT molecular complexity index is 1180. The maximum Gasteiger partial charge on any atom is 0.336 e. The van der Waals surface area contributed by atoms with E-state index < -0.39 is 29.3 Å². The zero-order chi connectivity index (χ0) is 26.0. The molecule has 2 aromatic rings. The summed E-state index contributed by atoms with van der Waals surface area (Å²) in [5.41, 5.74) is 0.880. The number of nitrogens with one attached hydrogen (secondary N) is 1. The SMILES string of the molecule is COC(=O)C1=C(C)NC(C)C(CCN(C)Cc2ccc(F)cc2)(C(=O)O)C1c1cccc2c1OCO2. The van der Waals surface area contributed by atoms with Gasteiger partial charge < -0.3 is 29.5 Å². The number of allylic oxidation sites excluding steroid dienone is 1. The number of esters is 1. The van der Waals surface area contributed by atoms with Crippen molar-refractivity contribution in [1.82, 2.24) is 10.2 Å². The average molecular weight is 499 g/mol. The summed E-state index contributed by atoms with van der Waals surface area (Å²) in [6, 6.07) is 11.0. The number of carbonyl (C=O) groups excluding carboxylic acids is 1. The van der Waals surface area contributed by atoms with Crippen LogP contribution in [0.4, 0.5) is 4.39 Å². The topological polar surface area (TPSA) is 97.3 Å². The molecule has 3 unspecified atom stereocenters. The Morgan fingerprint density at radius 1 is 1.22 bits per heavy atom. The van der Waals surface area contributed by atoms with E-state index in [2.05, 4.69) is 5.32 Å². The molecule has 2 aliphatic heterocycles. The molecule has 2 aromatic carbocycles. The number of nitrogens with zero attached hydrogens (tertiary/aromatic N) is 1. The number of rotatable bonds is 8. The van der Waals surface area contributed by atoms with Crippen LogP contribution in [0.5, 0.6) is 11.5 Å². The van der Waals surface area contributed by atoms with Crippen molar-refractivity contribution in [2.45, 2.75) is 38.8 Å². The highest BCUT2D eigenvalue weighted by Gasteiger charge is 2.57. The van der Waals surface area contributed by atoms with E-state index in [1.165, 1.54) is 19.2 Å². The third-order valence-corrected chi connectivity index (χ3v) is 7.23. The van der Waals surface area contributed by atoms with Crippen LogP contribution in [-0.4, -0.2) is 55.5 Å². The van der Waals surface area contributed by atoms with Crippen LogP contribution in [0.1, 0.15) is 37.3 Å². The highest BCUT2D eigenvalue weighted by atomic mass is 19.1. The van der Waals surface area contributed by atoms with Gasteiger partial charge in [0.15, 0.2) is 11.5 Å². The maximum atomic E-state index is 13.3. The molecule has 2 aliphatic rings. The van der Waals surface area contributed by atoms with Gasteiger partial charge in [-0.2, -0.15) is 0 Å². The van der Waals surface area contributed by atoms with Gasteiger partial charge in [-0.25, -0.2) is 9.18 Å². The lowest BCUT2D eigenvalue weighted by atomic mass is 9.60. The highest BCUT2D eigenvalue weighted by molar-refractivity contribution is 5.94. The first-order valence-electron chi connectivity index (χ1n) is 11.8. The molecule has 36 heavy (non-hydrogen) atoms. The van der Waals surface area contributed by atoms with Crippen molar-refractivity contribution in [3.8, 4) is 11.5 Å². The van der Waals surface area contributed by atoms with Gasteiger partial charge in [-0.3, -0.25) is 4.79 Å². The predicted octanol–water partition coefficient (Wildman–Crippen LogP) is 3.67. The smallest absolute Gasteiger partial charge is 0.336 e. The first-order valence-corrected chi connectivity index (χ1v) is 11.8. The largest absolute Gasteiger partial charge is 0.481 e. The average Bonchev–Trinajstić information content (AvgIpc) is 3.33. The van der Waals surface area contributed by atoms with E-state index in [-0.39, 0.29) is 24.6 Å². The summed E-state index contributed by atoms with van der Waals surface area (Å²) in [4.78, 5) is 28.2. The van der Waals surface area contributed by atoms with E-state index >= 15 is 0 Å². The standard InChI is InChI=1S/C27H31FN2O6/c1-16-22(25(31)34-4)23(20-6-5-7-21-24(20)36-15-35-21)27(26(32)33,17(2)29-16)12-13-30(3)14-18-8-10-19(28)11-9-18/h5-11,17,23,29H,12-15H2,1-4H3,(H,32,33). The Morgan fingerprint density at radius 2 is 1.94 bits per heavy atom. The number of halogens is 1. The monoisotopic (exact) mass is 498 g/mol. The maximum absolute atomic E-state index is 13.3. The van der Waals surface area contributed by atoms with Crippen molar-refractivity contribution in [1.29, 1.82) is 0 Å². The number of fused-ring (bicyclic) bond motifs is 1. The first-order chi connectivity index (χ1) is 17.2. The molecule has 0 amide bonds. The molecule has 0 bridgehead atoms. The molecular weight excluding hydrogens is 467 g/mol. The summed E-state index contributed by atoms with van der Waals surface area (Å²) in [5.74, 6) is -1.85. The Hall–Kier alpha value is -3.59. The molecular formula is C27H31FN2O6. The Labute approximate surface area is 209 Å². The predicted molar refractivity (Wildman–Crippen MR) is 130 cm³/mol. The summed E-state index contributed by atoms with van der Waals surface area (Å²) in [7, 11) is 3.17. The number of hydrogen-bond donors (Lipinski definition) is 2. The lowest BCUT2D eigenvalue weighted by Crippen LogP contribution is -2.57. The third kappa shape index (κ3) is 4.51. The van der Waals surface area contributed by atoms with Crippen LogP contribution < -0.4 is 14.8 Å². The minimum atomic E-state index is -1.42. The second-order valence-corrected chi connectivity index (χ2v) is 9.37. The zero-order valence-electron chi connectivity index (χ0n) is 20.8. The van der Waals surface area contributed by atoms with Crippen LogP contribution in [0.25, 0.3) is 0 Å². The van der Waals surface area contributed by atoms with Gasteiger partial charge in [-0.1, -0.05) is 24.3 Å². The fraction of sp³-hybridized carbons (Fsp3) is 0.407. The van der Waals surface area contributed by atoms with Crippen LogP contribution in [0.2, 0.25) is 0 Å². The molecule has 0 aliphatic carbocycles. The molecule has 0 aromatic heterocycles. The fourth-order valence-electron chi connectivity index (χ4n) is 5.38. The van der Waals surface area contributed by atoms with Gasteiger partial charge in [-0.15, -0.1) is 0 Å². The molecule has 2 N–H and O–H groups in total. The Balaban J connectivity index is 1.77. The lowest BCUT2D eigenvalue weighted by Gasteiger charge is -2.47. The van der Waals surface area contributed by atoms with Gasteiger partial charge >= 0.3 is 11.9 Å². The second-order valence-electron chi connectivity index (χ2n) is 9.37. The number of aliphatic carboxylic acids is 1. The van der Waals surface area contributed by atoms with Gasteiger partial charge in [-0.05, 0) is 57.6 Å². The first kappa shape index (κ1) is 25.5. The van der Waals surface area contributed by atoms with Crippen molar-refractivity contribution in [3.05, 3.63) is 70.7 Å². The molecule has 0 saturated heterocycles. The number of ether oxygens (including phenoxy) is 3. The number of methoxy groups -OCH3 is 1. The van der Waals surface area contributed by atoms with Gasteiger partial charge in [0.2, 0.25) is 6.79 Å². The van der Waals surface area contributed by atoms with Gasteiger partial charge in [0, 0.05) is 29.8 Å². The lowest BCUT2D eigenvalue weighted by molar-refractivity contribution is -0.154. The van der Waals surface area contributed by atoms with Crippen molar-refractivity contribution in [3.63, 3.8) is 0 Å². The van der Waals surface area contributed by atoms with Gasteiger partial charge in [0.05, 0.1) is 12.7 Å². The minimum Gasteiger partial charge on any atom is -0.481 e. The second kappa shape index (κ2) is 10.2. The number of carbonyl (C=O) groups is 2. The molecule has 0 fully saturated rings. The zero-order valence-corrected chi connectivity index (χ0v) is 20.8. The van der Waals surface area contributed by atoms with Gasteiger partial charge in [0.25, 0.3) is 0 Å². The fourth-order valence-corrected chi connectivity index (χ4v) is 5.38. The van der Waals surface area contributed by atoms with E-state index in [4.69, 9.17) is 14.2 Å². The number of hydrogen-bond acceptors (Lipinski definition) is 7. The van der Waals surface area contributed by atoms with E-state index in [1.54, 1.807) is 37.3 Å². The van der Waals surface area contributed by atoms with Crippen molar-refractivity contribution in [2.75, 3.05) is 27.5 Å². The van der Waals surface area contributed by atoms with E-state index in [0.29, 0.717) is 35.8 Å². The molecule has 0 spiro atoms. The number of carboxylic acids is 1. The normalized spacial score (nSPS) is 22.9. The highest BCUT2D eigenvalue weighted by Crippen LogP contribution is 2.54. The summed E-state index contributed by atoms with van der Waals surface area (Å²) in [5, 5.41) is 14.0. The molecule has 0 radical (unpaired) electrons. The summed E-state index contributed by atoms with van der Waals surface area (Å²) >= 11 is 0. The summed E-state index contributed by atoms with van der Waals surface area (Å²) in [6.45, 7) is 4.51. The summed E-state index contributed by atoms with van der Waals surface area (Å²) < 4.78 is 29.7. The van der Waals surface area contributed by atoms with Crippen LogP contribution in [0.3, 0.4) is 0 Å². The molecule has 8 nitrogen and oxygen atoms in total. The van der Waals surface area contributed by atoms with Crippen molar-refractivity contribution in [2.24, 2.45) is 5.41 Å². The van der Waals surface area contributed by atoms with Crippen molar-refractivity contribution >= 4 is 11.9 Å². The van der Waals surface area contributed by atoms with Crippen molar-refractivity contribution < 1.29 is 33.3 Å². The van der Waals surface area contributed by atoms with Crippen LogP contribution in [-0.2, 0) is 20.9 Å². The van der Waals surface area contributed by atoms with E-state index in [0.717, 1.165) is 5.56 Å². The van der Waals surface area contributed by atoms with Crippen LogP contribution in [0, 0.1) is 11.2 Å². The molecule has 3 atom stereocenters. The quantitative estimate of drug-likeness (QED) is 0.532. The molecule has 2 heterocycles. The number of para-hydroxylation sites is 1. The Morgan fingerprint density at radius 3 is 2.61 bits per heavy atom. The van der Waals surface area contributed by atoms with Gasteiger partial charge in [0.1, 0.15) is 11.2 Å². The molecule has 0 saturated carbocycles. The molecule has 4 rings (SSSR count). The number of benzene rings is 2. The summed E-state index contributed by atoms with van der Waals surface area (Å²) in [6.07, 6.45) is 0.219. The minimum absolute atomic E-state index is 0.0175. The molecule has 192 valence electrons. The van der Waals surface area contributed by atoms with Crippen LogP contribution in [0.15, 0.2) is 53.7 Å².